The minimum absolute atomic E-state index is 0.116. The Morgan fingerprint density at radius 1 is 1.12 bits per heavy atom. The molecule has 1 N–H and O–H groups in total. The number of nitrogens with zero attached hydrogens (tertiary/aromatic N) is 4. The predicted octanol–water partition coefficient (Wildman–Crippen LogP) is 4.59. The van der Waals surface area contributed by atoms with Gasteiger partial charge in [0.1, 0.15) is 17.8 Å². The van der Waals surface area contributed by atoms with Crippen molar-refractivity contribution in [3.8, 4) is 28.3 Å². The molecule has 0 saturated heterocycles. The Morgan fingerprint density at radius 2 is 1.88 bits per heavy atom. The zero-order valence-electron chi connectivity index (χ0n) is 15.4. The van der Waals surface area contributed by atoms with Crippen molar-refractivity contribution in [2.24, 2.45) is 0 Å². The topological polar surface area (TPSA) is 63.8 Å². The lowest BCUT2D eigenvalue weighted by atomic mass is 9.85. The SMILES string of the molecule is CC(C)n1cc(-c2ccncn2)c(-c2ccc(C(C)(C)C)c(O)c2)n1. The lowest BCUT2D eigenvalue weighted by molar-refractivity contribution is 0.447. The van der Waals surface area contributed by atoms with Crippen LogP contribution in [-0.4, -0.2) is 24.9 Å². The second-order valence-corrected chi connectivity index (χ2v) is 7.54. The highest BCUT2D eigenvalue weighted by Crippen LogP contribution is 2.36. The van der Waals surface area contributed by atoms with Crippen LogP contribution >= 0.6 is 0 Å². The number of phenolic OH excluding ortho intramolecular Hbond substituents is 1. The number of aromatic nitrogens is 4. The van der Waals surface area contributed by atoms with Crippen LogP contribution in [0.2, 0.25) is 0 Å². The van der Waals surface area contributed by atoms with Gasteiger partial charge in [0.2, 0.25) is 0 Å². The summed E-state index contributed by atoms with van der Waals surface area (Å²) in [5.41, 5.74) is 4.23. The van der Waals surface area contributed by atoms with E-state index in [0.29, 0.717) is 0 Å². The minimum Gasteiger partial charge on any atom is -0.508 e. The van der Waals surface area contributed by atoms with Crippen molar-refractivity contribution < 1.29 is 5.11 Å². The zero-order chi connectivity index (χ0) is 18.2. The average Bonchev–Trinajstić information content (AvgIpc) is 3.00. The van der Waals surface area contributed by atoms with Crippen LogP contribution in [-0.2, 0) is 5.41 Å². The molecular formula is C20H24N4O. The predicted molar refractivity (Wildman–Crippen MR) is 99.4 cm³/mol. The second kappa shape index (κ2) is 6.31. The molecule has 130 valence electrons. The van der Waals surface area contributed by atoms with Crippen LogP contribution in [0, 0.1) is 0 Å². The Bertz CT molecular complexity index is 876. The van der Waals surface area contributed by atoms with Gasteiger partial charge >= 0.3 is 0 Å². The highest BCUT2D eigenvalue weighted by Gasteiger charge is 2.21. The second-order valence-electron chi connectivity index (χ2n) is 7.54. The van der Waals surface area contributed by atoms with Gasteiger partial charge in [-0.1, -0.05) is 32.9 Å². The molecule has 0 bridgehead atoms. The van der Waals surface area contributed by atoms with Gasteiger partial charge in [-0.05, 0) is 37.0 Å². The van der Waals surface area contributed by atoms with E-state index in [1.165, 1.54) is 6.33 Å². The van der Waals surface area contributed by atoms with Gasteiger partial charge < -0.3 is 5.11 Å². The molecule has 2 aromatic heterocycles. The third-order valence-corrected chi connectivity index (χ3v) is 4.20. The van der Waals surface area contributed by atoms with E-state index >= 15 is 0 Å². The maximum absolute atomic E-state index is 10.5. The Hall–Kier alpha value is -2.69. The van der Waals surface area contributed by atoms with Crippen molar-refractivity contribution in [1.82, 2.24) is 19.7 Å². The molecule has 0 spiro atoms. The first kappa shape index (κ1) is 17.1. The molecule has 0 saturated carbocycles. The molecular weight excluding hydrogens is 312 g/mol. The molecule has 1 aromatic carbocycles. The molecule has 0 atom stereocenters. The summed E-state index contributed by atoms with van der Waals surface area (Å²) in [6.45, 7) is 10.4. The number of rotatable bonds is 3. The molecule has 25 heavy (non-hydrogen) atoms. The average molecular weight is 336 g/mol. The van der Waals surface area contributed by atoms with Gasteiger partial charge in [0.15, 0.2) is 0 Å². The Labute approximate surface area is 148 Å². The van der Waals surface area contributed by atoms with Crippen LogP contribution in [0.1, 0.15) is 46.2 Å². The van der Waals surface area contributed by atoms with E-state index in [4.69, 9.17) is 5.10 Å². The van der Waals surface area contributed by atoms with Crippen LogP contribution in [0.4, 0.5) is 0 Å². The summed E-state index contributed by atoms with van der Waals surface area (Å²) < 4.78 is 1.92. The number of aromatic hydroxyl groups is 1. The van der Waals surface area contributed by atoms with E-state index in [9.17, 15) is 5.11 Å². The molecule has 0 aliphatic rings. The Balaban J connectivity index is 2.15. The maximum atomic E-state index is 10.5. The standard InChI is InChI=1S/C20H24N4O/c1-13(2)24-11-15(17-8-9-21-12-22-17)19(23-24)14-6-7-16(18(25)10-14)20(3,4)5/h6-13,25H,1-5H3. The summed E-state index contributed by atoms with van der Waals surface area (Å²) in [6.07, 6.45) is 5.25. The van der Waals surface area contributed by atoms with Gasteiger partial charge in [0.25, 0.3) is 0 Å². The van der Waals surface area contributed by atoms with Crippen molar-refractivity contribution in [3.63, 3.8) is 0 Å². The van der Waals surface area contributed by atoms with E-state index in [-0.39, 0.29) is 17.2 Å². The number of hydrogen-bond acceptors (Lipinski definition) is 4. The Morgan fingerprint density at radius 3 is 2.44 bits per heavy atom. The molecule has 0 fully saturated rings. The molecule has 5 nitrogen and oxygen atoms in total. The number of hydrogen-bond donors (Lipinski definition) is 1. The summed E-state index contributed by atoms with van der Waals surface area (Å²) in [6, 6.07) is 7.88. The summed E-state index contributed by atoms with van der Waals surface area (Å²) in [7, 11) is 0. The fourth-order valence-corrected chi connectivity index (χ4v) is 2.82. The molecule has 5 heteroatoms. The highest BCUT2D eigenvalue weighted by atomic mass is 16.3. The van der Waals surface area contributed by atoms with Gasteiger partial charge in [-0.3, -0.25) is 4.68 Å². The first-order chi connectivity index (χ1) is 11.8. The monoisotopic (exact) mass is 336 g/mol. The van der Waals surface area contributed by atoms with Gasteiger partial charge in [-0.15, -0.1) is 0 Å². The molecule has 0 unspecified atom stereocenters. The zero-order valence-corrected chi connectivity index (χ0v) is 15.4. The van der Waals surface area contributed by atoms with E-state index in [1.807, 2.05) is 29.1 Å². The smallest absolute Gasteiger partial charge is 0.119 e. The van der Waals surface area contributed by atoms with Crippen molar-refractivity contribution in [1.29, 1.82) is 0 Å². The third kappa shape index (κ3) is 3.40. The number of phenols is 1. The van der Waals surface area contributed by atoms with Crippen LogP contribution in [0.3, 0.4) is 0 Å². The van der Waals surface area contributed by atoms with Crippen molar-refractivity contribution >= 4 is 0 Å². The first-order valence-electron chi connectivity index (χ1n) is 8.47. The van der Waals surface area contributed by atoms with Crippen LogP contribution < -0.4 is 0 Å². The fraction of sp³-hybridized carbons (Fsp3) is 0.350. The van der Waals surface area contributed by atoms with Gasteiger partial charge in [-0.25, -0.2) is 9.97 Å². The molecule has 0 amide bonds. The quantitative estimate of drug-likeness (QED) is 0.760. The van der Waals surface area contributed by atoms with Crippen LogP contribution in [0.25, 0.3) is 22.5 Å². The summed E-state index contributed by atoms with van der Waals surface area (Å²) >= 11 is 0. The summed E-state index contributed by atoms with van der Waals surface area (Å²) in [5, 5.41) is 15.2. The molecule has 0 radical (unpaired) electrons. The van der Waals surface area contributed by atoms with Crippen LogP contribution in [0.5, 0.6) is 5.75 Å². The molecule has 0 aliphatic carbocycles. The van der Waals surface area contributed by atoms with Crippen molar-refractivity contribution in [3.05, 3.63) is 48.5 Å². The minimum atomic E-state index is -0.116. The molecule has 2 heterocycles. The normalized spacial score (nSPS) is 11.9. The lowest BCUT2D eigenvalue weighted by Gasteiger charge is -2.20. The third-order valence-electron chi connectivity index (χ3n) is 4.20. The van der Waals surface area contributed by atoms with E-state index in [1.54, 1.807) is 12.3 Å². The van der Waals surface area contributed by atoms with Gasteiger partial charge in [-0.2, -0.15) is 5.10 Å². The number of benzene rings is 1. The highest BCUT2D eigenvalue weighted by molar-refractivity contribution is 5.79. The van der Waals surface area contributed by atoms with Gasteiger partial charge in [0, 0.05) is 29.6 Å². The van der Waals surface area contributed by atoms with E-state index in [0.717, 1.165) is 28.1 Å². The van der Waals surface area contributed by atoms with Crippen LogP contribution in [0.15, 0.2) is 43.0 Å². The largest absolute Gasteiger partial charge is 0.508 e. The molecule has 3 aromatic rings. The van der Waals surface area contributed by atoms with Gasteiger partial charge in [0.05, 0.1) is 5.69 Å². The summed E-state index contributed by atoms with van der Waals surface area (Å²) in [5.74, 6) is 0.290. The van der Waals surface area contributed by atoms with E-state index in [2.05, 4.69) is 44.6 Å². The molecule has 3 rings (SSSR count). The maximum Gasteiger partial charge on any atom is 0.119 e. The van der Waals surface area contributed by atoms with Crippen molar-refractivity contribution in [2.45, 2.75) is 46.1 Å². The van der Waals surface area contributed by atoms with Crippen molar-refractivity contribution in [2.75, 3.05) is 0 Å². The first-order valence-corrected chi connectivity index (χ1v) is 8.47. The fourth-order valence-electron chi connectivity index (χ4n) is 2.82. The van der Waals surface area contributed by atoms with E-state index < -0.39 is 0 Å². The molecule has 0 aliphatic heterocycles. The Kier molecular flexibility index (Phi) is 4.33. The summed E-state index contributed by atoms with van der Waals surface area (Å²) in [4.78, 5) is 8.35. The lowest BCUT2D eigenvalue weighted by Crippen LogP contribution is -2.11.